The maximum Gasteiger partial charge on any atom is 0.335 e. The third-order valence-corrected chi connectivity index (χ3v) is 13.1. The number of carbonyl (C=O) groups excluding carboxylic acids is 3. The van der Waals surface area contributed by atoms with Crippen LogP contribution in [0.5, 0.6) is 0 Å². The minimum atomic E-state index is -1.92. The van der Waals surface area contributed by atoms with Crippen LogP contribution in [-0.4, -0.2) is 89.2 Å². The molecule has 12 nitrogen and oxygen atoms in total. The molecule has 1 fully saturated rings. The highest BCUT2D eigenvalue weighted by molar-refractivity contribution is 5.74. The van der Waals surface area contributed by atoms with Crippen molar-refractivity contribution in [2.45, 2.75) is 276 Å². The topological polar surface area (TPSA) is 175 Å². The molecule has 0 aromatic rings. The van der Waals surface area contributed by atoms with Gasteiger partial charge in [-0.05, 0) is 116 Å². The van der Waals surface area contributed by atoms with E-state index in [1.54, 1.807) is 0 Å². The number of esters is 3. The number of rotatable bonds is 50. The van der Waals surface area contributed by atoms with Gasteiger partial charge in [-0.1, -0.05) is 201 Å². The van der Waals surface area contributed by atoms with Gasteiger partial charge < -0.3 is 39.0 Å². The van der Waals surface area contributed by atoms with Gasteiger partial charge in [-0.3, -0.25) is 14.4 Å². The van der Waals surface area contributed by atoms with Crippen LogP contribution in [0.25, 0.3) is 0 Å². The van der Waals surface area contributed by atoms with Crippen molar-refractivity contribution >= 4 is 23.9 Å². The molecule has 0 aliphatic carbocycles. The van der Waals surface area contributed by atoms with Crippen molar-refractivity contribution in [2.24, 2.45) is 0 Å². The summed E-state index contributed by atoms with van der Waals surface area (Å²) in [7, 11) is 0. The molecule has 1 rings (SSSR count). The van der Waals surface area contributed by atoms with Crippen LogP contribution >= 0.6 is 0 Å². The average Bonchev–Trinajstić information content (AvgIpc) is 3.42. The Labute approximate surface area is 466 Å². The minimum absolute atomic E-state index is 0.0419. The Morgan fingerprint density at radius 1 is 0.442 bits per heavy atom. The van der Waals surface area contributed by atoms with Gasteiger partial charge in [0.15, 0.2) is 24.6 Å². The number of aliphatic hydroxyl groups excluding tert-OH is 2. The molecule has 6 atom stereocenters. The van der Waals surface area contributed by atoms with Crippen LogP contribution in [0.4, 0.5) is 0 Å². The lowest BCUT2D eigenvalue weighted by Crippen LogP contribution is -2.61. The highest BCUT2D eigenvalue weighted by Crippen LogP contribution is 2.26. The molecular formula is C65H106O12. The summed E-state index contributed by atoms with van der Waals surface area (Å²) in [6, 6.07) is 0. The van der Waals surface area contributed by atoms with Crippen molar-refractivity contribution < 1.29 is 58.2 Å². The van der Waals surface area contributed by atoms with Crippen LogP contribution in [0.15, 0.2) is 97.2 Å². The average molecular weight is 1080 g/mol. The van der Waals surface area contributed by atoms with Gasteiger partial charge >= 0.3 is 23.9 Å². The van der Waals surface area contributed by atoms with Crippen molar-refractivity contribution in [3.05, 3.63) is 97.2 Å². The minimum Gasteiger partial charge on any atom is -0.479 e. The summed E-state index contributed by atoms with van der Waals surface area (Å²) in [4.78, 5) is 51.2. The van der Waals surface area contributed by atoms with E-state index in [-0.39, 0.29) is 25.9 Å². The first-order chi connectivity index (χ1) is 37.6. The maximum atomic E-state index is 13.1. The number of hydrogen-bond donors (Lipinski definition) is 3. The van der Waals surface area contributed by atoms with Crippen molar-refractivity contribution in [3.63, 3.8) is 0 Å². The number of hydrogen-bond acceptors (Lipinski definition) is 11. The molecule has 77 heavy (non-hydrogen) atoms. The van der Waals surface area contributed by atoms with E-state index in [4.69, 9.17) is 23.7 Å². The number of carboxylic acids is 1. The van der Waals surface area contributed by atoms with E-state index in [0.29, 0.717) is 19.3 Å². The van der Waals surface area contributed by atoms with E-state index in [0.717, 1.165) is 154 Å². The van der Waals surface area contributed by atoms with Gasteiger partial charge in [-0.2, -0.15) is 0 Å². The molecule has 0 aromatic carbocycles. The number of carbonyl (C=O) groups is 4. The molecule has 0 spiro atoms. The van der Waals surface area contributed by atoms with Gasteiger partial charge in [-0.15, -0.1) is 0 Å². The van der Waals surface area contributed by atoms with E-state index in [1.807, 2.05) is 0 Å². The summed E-state index contributed by atoms with van der Waals surface area (Å²) in [6.45, 7) is 5.72. The summed E-state index contributed by atoms with van der Waals surface area (Å²) in [5.74, 6) is -3.18. The number of carboxylic acid groups (broad SMARTS) is 1. The second kappa shape index (κ2) is 52.3. The maximum absolute atomic E-state index is 13.1. The first kappa shape index (κ1) is 70.7. The summed E-state index contributed by atoms with van der Waals surface area (Å²) in [5, 5.41) is 31.5. The summed E-state index contributed by atoms with van der Waals surface area (Å²) in [6.07, 6.45) is 56.5. The number of allylic oxidation sites excluding steroid dienone is 16. The van der Waals surface area contributed by atoms with Crippen LogP contribution in [-0.2, 0) is 42.9 Å². The lowest BCUT2D eigenvalue weighted by molar-refractivity contribution is -0.301. The zero-order chi connectivity index (χ0) is 56.1. The second-order valence-electron chi connectivity index (χ2n) is 20.2. The molecule has 0 saturated carbocycles. The normalized spacial score (nSPS) is 18.7. The Hall–Kier alpha value is -4.36. The molecule has 6 unspecified atom stereocenters. The second-order valence-corrected chi connectivity index (χ2v) is 20.2. The largest absolute Gasteiger partial charge is 0.479 e. The predicted molar refractivity (Wildman–Crippen MR) is 312 cm³/mol. The quantitative estimate of drug-likeness (QED) is 0.0228. The van der Waals surface area contributed by atoms with Crippen LogP contribution in [0.3, 0.4) is 0 Å². The number of aliphatic carboxylic acids is 1. The summed E-state index contributed by atoms with van der Waals surface area (Å²) < 4.78 is 28.4. The Bertz CT molecular complexity index is 1710. The smallest absolute Gasteiger partial charge is 0.335 e. The molecule has 3 N–H and O–H groups in total. The molecule has 1 saturated heterocycles. The lowest BCUT2D eigenvalue weighted by Gasteiger charge is -2.40. The Balaban J connectivity index is 2.70. The number of ether oxygens (including phenoxy) is 5. The zero-order valence-corrected chi connectivity index (χ0v) is 48.2. The zero-order valence-electron chi connectivity index (χ0n) is 48.2. The predicted octanol–water partition coefficient (Wildman–Crippen LogP) is 15.7. The standard InChI is InChI=1S/C65H106O12/c1-4-7-10-13-16-19-22-25-27-29-31-34-36-39-42-45-48-51-57(66)73-54-56(75-58(67)52-49-46-43-40-37-33-24-21-18-15-12-9-6-3)55-74-65-63(61(70)60(69)62(77-65)64(71)72)76-59(68)53-50-47-44-41-38-35-32-30-28-26-23-20-17-14-11-8-5-2/h7-8,10-11,16-17,19-21,24-28,31,34,56,60-63,65,69-70H,4-6,9,12-15,18,22-23,29-30,32-33,35-55H2,1-3H3,(H,71,72)/b10-7-,11-8-,19-16-,20-17-,24-21-,27-25-,28-26-,34-31-. The van der Waals surface area contributed by atoms with Crippen LogP contribution in [0.2, 0.25) is 0 Å². The van der Waals surface area contributed by atoms with Crippen LogP contribution in [0.1, 0.15) is 239 Å². The first-order valence-corrected chi connectivity index (χ1v) is 30.2. The van der Waals surface area contributed by atoms with Gasteiger partial charge in [0.05, 0.1) is 6.61 Å². The molecule has 438 valence electrons. The van der Waals surface area contributed by atoms with Gasteiger partial charge in [0, 0.05) is 19.3 Å². The highest BCUT2D eigenvalue weighted by atomic mass is 16.7. The lowest BCUT2D eigenvalue weighted by atomic mass is 9.98. The fourth-order valence-corrected chi connectivity index (χ4v) is 8.54. The molecule has 0 amide bonds. The van der Waals surface area contributed by atoms with Crippen molar-refractivity contribution in [2.75, 3.05) is 13.2 Å². The van der Waals surface area contributed by atoms with Crippen LogP contribution < -0.4 is 0 Å². The molecule has 12 heteroatoms. The Morgan fingerprint density at radius 2 is 0.818 bits per heavy atom. The molecule has 1 heterocycles. The number of unbranched alkanes of at least 4 members (excludes halogenated alkanes) is 20. The Morgan fingerprint density at radius 3 is 1.26 bits per heavy atom. The van der Waals surface area contributed by atoms with E-state index < -0.39 is 67.3 Å². The molecule has 0 radical (unpaired) electrons. The van der Waals surface area contributed by atoms with Gasteiger partial charge in [0.25, 0.3) is 0 Å². The first-order valence-electron chi connectivity index (χ1n) is 30.2. The molecule has 0 bridgehead atoms. The van der Waals surface area contributed by atoms with E-state index in [9.17, 15) is 34.5 Å². The molecule has 1 aliphatic rings. The number of aliphatic hydroxyl groups is 2. The third kappa shape index (κ3) is 42.3. The molecule has 1 aliphatic heterocycles. The van der Waals surface area contributed by atoms with Crippen molar-refractivity contribution in [1.82, 2.24) is 0 Å². The van der Waals surface area contributed by atoms with E-state index in [1.165, 1.54) is 25.7 Å². The van der Waals surface area contributed by atoms with Crippen molar-refractivity contribution in [3.8, 4) is 0 Å². The molecular weight excluding hydrogens is 973 g/mol. The summed E-state index contributed by atoms with van der Waals surface area (Å²) >= 11 is 0. The Kier molecular flexibility index (Phi) is 48.0. The molecule has 0 aromatic heterocycles. The third-order valence-electron chi connectivity index (χ3n) is 13.1. The van der Waals surface area contributed by atoms with Gasteiger partial charge in [-0.25, -0.2) is 4.79 Å². The fraction of sp³-hybridized carbons (Fsp3) is 0.692. The van der Waals surface area contributed by atoms with E-state index >= 15 is 0 Å². The van der Waals surface area contributed by atoms with Crippen LogP contribution in [0, 0.1) is 0 Å². The SMILES string of the molecule is CC/C=C\C/C=C\C/C=C\C/C=C\CCCCCCC(=O)OCC(COC1OC(C(=O)O)C(O)C(O)C1OC(=O)CCCCCCCCC/C=C\C/C=C\C/C=C\CC)OC(=O)CCCCCCC/C=C\CCCCCC. The van der Waals surface area contributed by atoms with Gasteiger partial charge in [0.2, 0.25) is 0 Å². The highest BCUT2D eigenvalue weighted by Gasteiger charge is 2.50. The summed E-state index contributed by atoms with van der Waals surface area (Å²) in [5.41, 5.74) is 0. The fourth-order valence-electron chi connectivity index (χ4n) is 8.54. The van der Waals surface area contributed by atoms with Gasteiger partial charge in [0.1, 0.15) is 18.8 Å². The monoisotopic (exact) mass is 1080 g/mol. The van der Waals surface area contributed by atoms with E-state index in [2.05, 4.69) is 118 Å². The van der Waals surface area contributed by atoms with Crippen molar-refractivity contribution in [1.29, 1.82) is 0 Å².